The predicted octanol–water partition coefficient (Wildman–Crippen LogP) is 5.93. The summed E-state index contributed by atoms with van der Waals surface area (Å²) in [5.74, 6) is 0.0822. The highest BCUT2D eigenvalue weighted by Crippen LogP contribution is 2.25. The van der Waals surface area contributed by atoms with Crippen molar-refractivity contribution in [1.82, 2.24) is 5.32 Å². The largest absolute Gasteiger partial charge is 0.345 e. The average Bonchev–Trinajstić information content (AvgIpc) is 2.76. The van der Waals surface area contributed by atoms with E-state index in [0.29, 0.717) is 22.7 Å². The second-order valence-corrected chi connectivity index (χ2v) is 10.6. The Balaban J connectivity index is 1.87. The lowest BCUT2D eigenvalue weighted by molar-refractivity contribution is 0.0931. The zero-order chi connectivity index (χ0) is 24.2. The van der Waals surface area contributed by atoms with Crippen molar-refractivity contribution < 1.29 is 13.2 Å². The number of rotatable bonds is 8. The van der Waals surface area contributed by atoms with E-state index >= 15 is 0 Å². The minimum absolute atomic E-state index is 0.0912. The van der Waals surface area contributed by atoms with Crippen LogP contribution < -0.4 is 10.0 Å². The first-order chi connectivity index (χ1) is 15.6. The molecule has 6 heteroatoms. The van der Waals surface area contributed by atoms with Crippen molar-refractivity contribution in [3.8, 4) is 0 Å². The van der Waals surface area contributed by atoms with Gasteiger partial charge in [-0.1, -0.05) is 56.3 Å². The van der Waals surface area contributed by atoms with Crippen LogP contribution in [0.3, 0.4) is 0 Å². The summed E-state index contributed by atoms with van der Waals surface area (Å²) in [5.41, 5.74) is 4.49. The van der Waals surface area contributed by atoms with Crippen LogP contribution in [-0.4, -0.2) is 14.3 Å². The van der Waals surface area contributed by atoms with Crippen molar-refractivity contribution in [3.05, 3.63) is 94.5 Å². The first kappa shape index (κ1) is 24.5. The van der Waals surface area contributed by atoms with Gasteiger partial charge in [0.15, 0.2) is 0 Å². The third-order valence-electron chi connectivity index (χ3n) is 5.71. The fourth-order valence-electron chi connectivity index (χ4n) is 3.72. The Kier molecular flexibility index (Phi) is 7.59. The van der Waals surface area contributed by atoms with Gasteiger partial charge in [-0.05, 0) is 79.6 Å². The summed E-state index contributed by atoms with van der Waals surface area (Å²) in [7, 11) is -3.86. The molecule has 3 aromatic carbocycles. The van der Waals surface area contributed by atoms with Crippen molar-refractivity contribution in [1.29, 1.82) is 0 Å². The van der Waals surface area contributed by atoms with Gasteiger partial charge in [0.1, 0.15) is 0 Å². The molecule has 0 unspecified atom stereocenters. The van der Waals surface area contributed by atoms with E-state index in [1.807, 2.05) is 50.2 Å². The highest BCUT2D eigenvalue weighted by atomic mass is 32.2. The van der Waals surface area contributed by atoms with Gasteiger partial charge in [-0.25, -0.2) is 8.42 Å². The standard InChI is InChI=1S/C27H32N2O3S/c1-18(2)15-25(22-9-7-6-8-10-22)28-27(30)23-13-11-20(4)26(17-23)33(31,32)29-24-14-12-19(3)21(5)16-24/h6-14,16-18,25,29H,15H2,1-5H3,(H,28,30)/t25-/m0/s1. The summed E-state index contributed by atoms with van der Waals surface area (Å²) in [5, 5.41) is 3.09. The third kappa shape index (κ3) is 6.23. The molecule has 0 saturated carbocycles. The molecule has 3 aromatic rings. The van der Waals surface area contributed by atoms with Crippen LogP contribution in [0.15, 0.2) is 71.6 Å². The zero-order valence-electron chi connectivity index (χ0n) is 19.8. The van der Waals surface area contributed by atoms with Crippen molar-refractivity contribution in [2.75, 3.05) is 4.72 Å². The number of amides is 1. The Morgan fingerprint density at radius 3 is 2.15 bits per heavy atom. The Morgan fingerprint density at radius 2 is 1.52 bits per heavy atom. The van der Waals surface area contributed by atoms with Crippen LogP contribution in [0.1, 0.15) is 58.9 Å². The van der Waals surface area contributed by atoms with Gasteiger partial charge in [0, 0.05) is 11.3 Å². The Labute approximate surface area is 197 Å². The van der Waals surface area contributed by atoms with Crippen molar-refractivity contribution in [2.45, 2.75) is 52.0 Å². The number of sulfonamides is 1. The van der Waals surface area contributed by atoms with Crippen LogP contribution in [0.25, 0.3) is 0 Å². The molecule has 0 aliphatic rings. The molecule has 0 aromatic heterocycles. The van der Waals surface area contributed by atoms with Gasteiger partial charge >= 0.3 is 0 Å². The van der Waals surface area contributed by atoms with Crippen LogP contribution in [0.2, 0.25) is 0 Å². The second-order valence-electron chi connectivity index (χ2n) is 8.95. The molecule has 174 valence electrons. The second kappa shape index (κ2) is 10.2. The molecule has 0 aliphatic heterocycles. The molecule has 0 bridgehead atoms. The average molecular weight is 465 g/mol. The smallest absolute Gasteiger partial charge is 0.262 e. The molecular formula is C27H32N2O3S. The topological polar surface area (TPSA) is 75.3 Å². The van der Waals surface area contributed by atoms with Crippen LogP contribution in [0, 0.1) is 26.7 Å². The third-order valence-corrected chi connectivity index (χ3v) is 7.24. The molecule has 0 aliphatic carbocycles. The Morgan fingerprint density at radius 1 is 0.848 bits per heavy atom. The van der Waals surface area contributed by atoms with E-state index in [4.69, 9.17) is 0 Å². The number of nitrogens with one attached hydrogen (secondary N) is 2. The van der Waals surface area contributed by atoms with E-state index in [0.717, 1.165) is 23.1 Å². The first-order valence-corrected chi connectivity index (χ1v) is 12.6. The lowest BCUT2D eigenvalue weighted by atomic mass is 9.96. The lowest BCUT2D eigenvalue weighted by Crippen LogP contribution is -2.29. The van der Waals surface area contributed by atoms with E-state index in [-0.39, 0.29) is 16.8 Å². The SMILES string of the molecule is Cc1ccc(NS(=O)(=O)c2cc(C(=O)N[C@@H](CC(C)C)c3ccccc3)ccc2C)cc1C. The van der Waals surface area contributed by atoms with E-state index in [1.165, 1.54) is 6.07 Å². The van der Waals surface area contributed by atoms with E-state index in [2.05, 4.69) is 23.9 Å². The number of carbonyl (C=O) groups is 1. The molecule has 5 nitrogen and oxygen atoms in total. The number of hydrogen-bond donors (Lipinski definition) is 2. The van der Waals surface area contributed by atoms with E-state index in [9.17, 15) is 13.2 Å². The molecular weight excluding hydrogens is 432 g/mol. The molecule has 1 atom stereocenters. The van der Waals surface area contributed by atoms with E-state index in [1.54, 1.807) is 31.2 Å². The normalized spacial score (nSPS) is 12.4. The van der Waals surface area contributed by atoms with Gasteiger partial charge in [0.2, 0.25) is 0 Å². The Bertz CT molecular complexity index is 1240. The monoisotopic (exact) mass is 464 g/mol. The maximum absolute atomic E-state index is 13.1. The van der Waals surface area contributed by atoms with Crippen LogP contribution >= 0.6 is 0 Å². The van der Waals surface area contributed by atoms with Crippen LogP contribution in [0.4, 0.5) is 5.69 Å². The summed E-state index contributed by atoms with van der Waals surface area (Å²) >= 11 is 0. The molecule has 0 fully saturated rings. The molecule has 0 spiro atoms. The quantitative estimate of drug-likeness (QED) is 0.434. The molecule has 0 saturated heterocycles. The van der Waals surface area contributed by atoms with Crippen molar-refractivity contribution in [3.63, 3.8) is 0 Å². The molecule has 3 rings (SSSR count). The fourth-order valence-corrected chi connectivity index (χ4v) is 5.04. The first-order valence-electron chi connectivity index (χ1n) is 11.1. The number of anilines is 1. The molecule has 0 heterocycles. The van der Waals surface area contributed by atoms with Gasteiger partial charge in [0.25, 0.3) is 15.9 Å². The number of carbonyl (C=O) groups excluding carboxylic acids is 1. The maximum atomic E-state index is 13.1. The van der Waals surface area contributed by atoms with Crippen molar-refractivity contribution >= 4 is 21.6 Å². The molecule has 0 radical (unpaired) electrons. The summed E-state index contributed by atoms with van der Waals surface area (Å²) < 4.78 is 28.9. The van der Waals surface area contributed by atoms with Gasteiger partial charge in [0.05, 0.1) is 10.9 Å². The predicted molar refractivity (Wildman–Crippen MR) is 134 cm³/mol. The van der Waals surface area contributed by atoms with Gasteiger partial charge < -0.3 is 5.32 Å². The fraction of sp³-hybridized carbons (Fsp3) is 0.296. The van der Waals surface area contributed by atoms with E-state index < -0.39 is 10.0 Å². The van der Waals surface area contributed by atoms with Crippen molar-refractivity contribution in [2.24, 2.45) is 5.92 Å². The highest BCUT2D eigenvalue weighted by molar-refractivity contribution is 7.92. The van der Waals surface area contributed by atoms with Gasteiger partial charge in [-0.3, -0.25) is 9.52 Å². The minimum atomic E-state index is -3.86. The summed E-state index contributed by atoms with van der Waals surface area (Å²) in [6.07, 6.45) is 0.779. The minimum Gasteiger partial charge on any atom is -0.345 e. The summed E-state index contributed by atoms with van der Waals surface area (Å²) in [6.45, 7) is 9.85. The van der Waals surface area contributed by atoms with Crippen LogP contribution in [0.5, 0.6) is 0 Å². The summed E-state index contributed by atoms with van der Waals surface area (Å²) in [6, 6.07) is 19.9. The number of hydrogen-bond acceptors (Lipinski definition) is 3. The zero-order valence-corrected chi connectivity index (χ0v) is 20.7. The molecule has 2 N–H and O–H groups in total. The highest BCUT2D eigenvalue weighted by Gasteiger charge is 2.22. The lowest BCUT2D eigenvalue weighted by Gasteiger charge is -2.21. The maximum Gasteiger partial charge on any atom is 0.262 e. The number of benzene rings is 3. The Hall–Kier alpha value is -3.12. The van der Waals surface area contributed by atoms with Crippen LogP contribution in [-0.2, 0) is 10.0 Å². The number of aryl methyl sites for hydroxylation is 3. The molecule has 33 heavy (non-hydrogen) atoms. The van der Waals surface area contributed by atoms with Gasteiger partial charge in [-0.2, -0.15) is 0 Å². The van der Waals surface area contributed by atoms with Gasteiger partial charge in [-0.15, -0.1) is 0 Å². The molecule has 1 amide bonds. The summed E-state index contributed by atoms with van der Waals surface area (Å²) in [4.78, 5) is 13.2.